The normalized spacial score (nSPS) is 11.5. The Kier molecular flexibility index (Phi) is 4.76. The molecule has 0 spiro atoms. The van der Waals surface area contributed by atoms with Gasteiger partial charge in [-0.25, -0.2) is 0 Å². The molecule has 0 heterocycles. The number of carbonyl (C=O) groups is 1. The average Bonchev–Trinajstić information content (AvgIpc) is 2.72. The Morgan fingerprint density at radius 1 is 0.741 bits per heavy atom. The standard InChI is InChI=1S/C24H19BO2/c1-25-27-24(22-13-11-18-7-3-5-9-20(18)15-22)16-23(26)21-12-10-17-6-2-4-8-19(17)14-21/h2-16,25H,1H3/b24-16-. The summed E-state index contributed by atoms with van der Waals surface area (Å²) in [6, 6.07) is 28.1. The molecule has 0 aliphatic rings. The molecule has 0 radical (unpaired) electrons. The molecule has 4 aromatic carbocycles. The minimum absolute atomic E-state index is 0.0580. The van der Waals surface area contributed by atoms with Gasteiger partial charge in [-0.2, -0.15) is 0 Å². The summed E-state index contributed by atoms with van der Waals surface area (Å²) in [5.41, 5.74) is 1.57. The van der Waals surface area contributed by atoms with Crippen LogP contribution in [0.25, 0.3) is 27.3 Å². The summed E-state index contributed by atoms with van der Waals surface area (Å²) in [4.78, 5) is 12.9. The highest BCUT2D eigenvalue weighted by molar-refractivity contribution is 6.27. The van der Waals surface area contributed by atoms with Crippen LogP contribution in [0.15, 0.2) is 91.0 Å². The highest BCUT2D eigenvalue weighted by atomic mass is 16.4. The zero-order valence-electron chi connectivity index (χ0n) is 15.2. The van der Waals surface area contributed by atoms with E-state index in [1.54, 1.807) is 6.08 Å². The number of allylic oxidation sites excluding steroid dienone is 1. The van der Waals surface area contributed by atoms with E-state index in [-0.39, 0.29) is 5.78 Å². The SMILES string of the molecule is CBO/C(=C\C(=O)c1ccc2ccccc2c1)c1ccc2ccccc2c1. The van der Waals surface area contributed by atoms with Crippen molar-refractivity contribution in [2.75, 3.05) is 0 Å². The van der Waals surface area contributed by atoms with Gasteiger partial charge in [-0.1, -0.05) is 79.6 Å². The van der Waals surface area contributed by atoms with Gasteiger partial charge in [0.05, 0.1) is 0 Å². The minimum atomic E-state index is -0.0580. The molecule has 0 unspecified atom stereocenters. The molecule has 0 saturated carbocycles. The third-order valence-electron chi connectivity index (χ3n) is 4.63. The van der Waals surface area contributed by atoms with Gasteiger partial charge in [-0.05, 0) is 33.7 Å². The molecule has 2 nitrogen and oxygen atoms in total. The number of benzene rings is 4. The van der Waals surface area contributed by atoms with Gasteiger partial charge in [0.15, 0.2) is 5.78 Å². The molecule has 0 N–H and O–H groups in total. The first kappa shape index (κ1) is 17.1. The molecule has 4 rings (SSSR count). The average molecular weight is 350 g/mol. The zero-order chi connectivity index (χ0) is 18.6. The molecule has 0 aromatic heterocycles. The number of rotatable bonds is 5. The van der Waals surface area contributed by atoms with E-state index in [0.29, 0.717) is 18.8 Å². The fourth-order valence-corrected chi connectivity index (χ4v) is 3.25. The summed E-state index contributed by atoms with van der Waals surface area (Å²) in [6.07, 6.45) is 1.59. The summed E-state index contributed by atoms with van der Waals surface area (Å²) >= 11 is 0. The van der Waals surface area contributed by atoms with E-state index in [2.05, 4.69) is 24.3 Å². The lowest BCUT2D eigenvalue weighted by molar-refractivity contribution is 0.104. The Morgan fingerprint density at radius 3 is 1.85 bits per heavy atom. The summed E-state index contributed by atoms with van der Waals surface area (Å²) in [5, 5.41) is 4.47. The van der Waals surface area contributed by atoms with E-state index < -0.39 is 0 Å². The zero-order valence-corrected chi connectivity index (χ0v) is 15.2. The van der Waals surface area contributed by atoms with Crippen molar-refractivity contribution >= 4 is 40.6 Å². The smallest absolute Gasteiger partial charge is 0.336 e. The summed E-state index contributed by atoms with van der Waals surface area (Å²) < 4.78 is 5.80. The summed E-state index contributed by atoms with van der Waals surface area (Å²) in [6.45, 7) is 1.93. The van der Waals surface area contributed by atoms with Crippen molar-refractivity contribution in [3.05, 3.63) is 102 Å². The topological polar surface area (TPSA) is 26.3 Å². The van der Waals surface area contributed by atoms with E-state index in [9.17, 15) is 4.79 Å². The highest BCUT2D eigenvalue weighted by Gasteiger charge is 2.10. The summed E-state index contributed by atoms with van der Waals surface area (Å²) in [7, 11) is 0.504. The molecule has 0 amide bonds. The molecule has 0 bridgehead atoms. The van der Waals surface area contributed by atoms with Gasteiger partial charge in [0, 0.05) is 17.2 Å². The van der Waals surface area contributed by atoms with E-state index in [0.717, 1.165) is 27.1 Å². The molecule has 4 aromatic rings. The Labute approximate surface area is 159 Å². The monoisotopic (exact) mass is 350 g/mol. The number of hydrogen-bond acceptors (Lipinski definition) is 2. The molecule has 130 valence electrons. The third kappa shape index (κ3) is 3.63. The number of hydrogen-bond donors (Lipinski definition) is 0. The maximum atomic E-state index is 12.9. The quantitative estimate of drug-likeness (QED) is 0.202. The van der Waals surface area contributed by atoms with Crippen LogP contribution in [0.1, 0.15) is 15.9 Å². The van der Waals surface area contributed by atoms with Crippen LogP contribution in [-0.2, 0) is 4.65 Å². The van der Waals surface area contributed by atoms with Crippen LogP contribution in [0.3, 0.4) is 0 Å². The molecule has 0 saturated heterocycles. The Morgan fingerprint density at radius 2 is 1.26 bits per heavy atom. The van der Waals surface area contributed by atoms with Crippen LogP contribution in [0.5, 0.6) is 0 Å². The maximum Gasteiger partial charge on any atom is 0.336 e. The first-order chi connectivity index (χ1) is 13.2. The van der Waals surface area contributed by atoms with E-state index in [1.165, 1.54) is 0 Å². The van der Waals surface area contributed by atoms with E-state index >= 15 is 0 Å². The van der Waals surface area contributed by atoms with Crippen LogP contribution in [0.2, 0.25) is 6.82 Å². The minimum Gasteiger partial charge on any atom is -0.564 e. The molecular weight excluding hydrogens is 331 g/mol. The first-order valence-electron chi connectivity index (χ1n) is 9.11. The van der Waals surface area contributed by atoms with Gasteiger partial charge in [0.25, 0.3) is 0 Å². The Bertz CT molecular complexity index is 1160. The van der Waals surface area contributed by atoms with Crippen molar-refractivity contribution in [3.8, 4) is 0 Å². The van der Waals surface area contributed by atoms with Crippen molar-refractivity contribution in [3.63, 3.8) is 0 Å². The van der Waals surface area contributed by atoms with Crippen molar-refractivity contribution in [2.24, 2.45) is 0 Å². The van der Waals surface area contributed by atoms with E-state index in [4.69, 9.17) is 4.65 Å². The van der Waals surface area contributed by atoms with Gasteiger partial charge in [-0.15, -0.1) is 0 Å². The van der Waals surface area contributed by atoms with Gasteiger partial charge in [0.2, 0.25) is 0 Å². The molecule has 27 heavy (non-hydrogen) atoms. The number of fused-ring (bicyclic) bond motifs is 2. The van der Waals surface area contributed by atoms with Gasteiger partial charge in [-0.3, -0.25) is 4.79 Å². The Hall–Kier alpha value is -3.33. The lowest BCUT2D eigenvalue weighted by Gasteiger charge is -2.10. The predicted octanol–water partition coefficient (Wildman–Crippen LogP) is 5.63. The predicted molar refractivity (Wildman–Crippen MR) is 114 cm³/mol. The fraction of sp³-hybridized carbons (Fsp3) is 0.0417. The van der Waals surface area contributed by atoms with Crippen LogP contribution in [0, 0.1) is 0 Å². The number of carbonyl (C=O) groups excluding carboxylic acids is 1. The summed E-state index contributed by atoms with van der Waals surface area (Å²) in [5.74, 6) is 0.541. The molecular formula is C24H19BO2. The maximum absolute atomic E-state index is 12.9. The second kappa shape index (κ2) is 7.51. The van der Waals surface area contributed by atoms with Crippen molar-refractivity contribution in [1.29, 1.82) is 0 Å². The van der Waals surface area contributed by atoms with Crippen LogP contribution in [-0.4, -0.2) is 13.3 Å². The van der Waals surface area contributed by atoms with Crippen molar-refractivity contribution in [2.45, 2.75) is 6.82 Å². The van der Waals surface area contributed by atoms with Gasteiger partial charge < -0.3 is 4.65 Å². The van der Waals surface area contributed by atoms with Crippen molar-refractivity contribution in [1.82, 2.24) is 0 Å². The van der Waals surface area contributed by atoms with Crippen LogP contribution in [0.4, 0.5) is 0 Å². The fourth-order valence-electron chi connectivity index (χ4n) is 3.25. The molecule has 3 heteroatoms. The molecule has 0 fully saturated rings. The van der Waals surface area contributed by atoms with Crippen LogP contribution < -0.4 is 0 Å². The second-order valence-electron chi connectivity index (χ2n) is 6.43. The molecule has 0 aliphatic carbocycles. The van der Waals surface area contributed by atoms with E-state index in [1.807, 2.05) is 67.5 Å². The number of ketones is 1. The Balaban J connectivity index is 1.72. The van der Waals surface area contributed by atoms with Crippen LogP contribution >= 0.6 is 0 Å². The third-order valence-corrected chi connectivity index (χ3v) is 4.63. The lowest BCUT2D eigenvalue weighted by atomic mass is 10.0. The van der Waals surface area contributed by atoms with Gasteiger partial charge in [0.1, 0.15) is 5.76 Å². The molecule has 0 atom stereocenters. The highest BCUT2D eigenvalue weighted by Crippen LogP contribution is 2.23. The van der Waals surface area contributed by atoms with Crippen molar-refractivity contribution < 1.29 is 9.45 Å². The lowest BCUT2D eigenvalue weighted by Crippen LogP contribution is -2.01. The second-order valence-corrected chi connectivity index (χ2v) is 6.43. The van der Waals surface area contributed by atoms with Gasteiger partial charge >= 0.3 is 7.48 Å². The molecule has 0 aliphatic heterocycles. The largest absolute Gasteiger partial charge is 0.564 e. The first-order valence-corrected chi connectivity index (χ1v) is 9.11.